The number of hydrogen-bond acceptors (Lipinski definition) is 7. The minimum absolute atomic E-state index is 0.384. The number of benzene rings is 2. The van der Waals surface area contributed by atoms with Crippen LogP contribution in [0.3, 0.4) is 0 Å². The van der Waals surface area contributed by atoms with Crippen LogP contribution < -0.4 is 14.8 Å². The van der Waals surface area contributed by atoms with E-state index in [0.29, 0.717) is 50.6 Å². The summed E-state index contributed by atoms with van der Waals surface area (Å²) in [6.45, 7) is 5.00. The van der Waals surface area contributed by atoms with Gasteiger partial charge in [0.2, 0.25) is 0 Å². The number of hydrogen-bond donors (Lipinski definition) is 1. The van der Waals surface area contributed by atoms with Crippen LogP contribution in [0.15, 0.2) is 36.5 Å². The fourth-order valence-corrected chi connectivity index (χ4v) is 4.17. The third-order valence-electron chi connectivity index (χ3n) is 5.44. The highest BCUT2D eigenvalue weighted by Crippen LogP contribution is 2.38. The zero-order valence-electron chi connectivity index (χ0n) is 18.2. The van der Waals surface area contributed by atoms with E-state index in [-0.39, 0.29) is 0 Å². The van der Waals surface area contributed by atoms with Crippen LogP contribution in [-0.4, -0.2) is 56.4 Å². The van der Waals surface area contributed by atoms with Gasteiger partial charge in [-0.2, -0.15) is 5.26 Å². The Labute approximate surface area is 202 Å². The van der Waals surface area contributed by atoms with Crippen LogP contribution >= 0.6 is 23.2 Å². The number of nitrogens with zero attached hydrogens (tertiary/aromatic N) is 3. The molecule has 1 aromatic heterocycles. The first-order valence-corrected chi connectivity index (χ1v) is 11.4. The topological polar surface area (TPSA) is 79.6 Å². The largest absolute Gasteiger partial charge is 0.493 e. The summed E-state index contributed by atoms with van der Waals surface area (Å²) in [6.07, 6.45) is 2.42. The highest BCUT2D eigenvalue weighted by Gasteiger charge is 2.16. The number of ether oxygens (including phenoxy) is 3. The van der Waals surface area contributed by atoms with E-state index < -0.39 is 0 Å². The van der Waals surface area contributed by atoms with Gasteiger partial charge in [-0.05, 0) is 30.7 Å². The molecule has 1 N–H and O–H groups in total. The van der Waals surface area contributed by atoms with Gasteiger partial charge in [-0.1, -0.05) is 23.2 Å². The molecule has 7 nitrogen and oxygen atoms in total. The third-order valence-corrected chi connectivity index (χ3v) is 5.99. The second-order valence-electron chi connectivity index (χ2n) is 7.58. The molecule has 1 aliphatic rings. The number of aromatic nitrogens is 1. The number of pyridine rings is 1. The van der Waals surface area contributed by atoms with Crippen molar-refractivity contribution in [3.8, 4) is 17.6 Å². The van der Waals surface area contributed by atoms with Crippen LogP contribution in [0.25, 0.3) is 10.9 Å². The first-order chi connectivity index (χ1) is 16.1. The first-order valence-electron chi connectivity index (χ1n) is 10.6. The van der Waals surface area contributed by atoms with E-state index in [1.807, 2.05) is 12.1 Å². The summed E-state index contributed by atoms with van der Waals surface area (Å²) in [5, 5.41) is 14.6. The Hall–Kier alpha value is -2.76. The zero-order chi connectivity index (χ0) is 23.2. The maximum absolute atomic E-state index is 9.65. The van der Waals surface area contributed by atoms with Crippen molar-refractivity contribution in [2.75, 3.05) is 51.9 Å². The molecule has 2 heterocycles. The number of nitrogens with one attached hydrogen (secondary N) is 1. The van der Waals surface area contributed by atoms with E-state index in [9.17, 15) is 5.26 Å². The van der Waals surface area contributed by atoms with E-state index in [0.717, 1.165) is 44.7 Å². The SMILES string of the molecule is COc1cc2c(Nc3ccc(Cl)cc3Cl)c(C#N)cnc2cc1OCCCN1CCOCC1. The van der Waals surface area contributed by atoms with E-state index >= 15 is 0 Å². The van der Waals surface area contributed by atoms with Gasteiger partial charge in [0.05, 0.1) is 54.4 Å². The molecule has 172 valence electrons. The Morgan fingerprint density at radius 1 is 1.18 bits per heavy atom. The molecule has 0 unspecified atom stereocenters. The zero-order valence-corrected chi connectivity index (χ0v) is 19.7. The van der Waals surface area contributed by atoms with Gasteiger partial charge >= 0.3 is 0 Å². The van der Waals surface area contributed by atoms with Gasteiger partial charge in [0, 0.05) is 42.3 Å². The van der Waals surface area contributed by atoms with Crippen LogP contribution in [0, 0.1) is 11.3 Å². The summed E-state index contributed by atoms with van der Waals surface area (Å²) in [6, 6.07) is 11.0. The molecular weight excluding hydrogens is 463 g/mol. The number of nitriles is 1. The van der Waals surface area contributed by atoms with Gasteiger partial charge < -0.3 is 19.5 Å². The van der Waals surface area contributed by atoms with Crippen molar-refractivity contribution in [3.05, 3.63) is 52.1 Å². The molecule has 2 aromatic carbocycles. The molecule has 1 aliphatic heterocycles. The molecule has 3 aromatic rings. The maximum atomic E-state index is 9.65. The summed E-state index contributed by atoms with van der Waals surface area (Å²) in [5.41, 5.74) is 2.27. The van der Waals surface area contributed by atoms with E-state index in [2.05, 4.69) is 21.3 Å². The van der Waals surface area contributed by atoms with E-state index in [1.165, 1.54) is 6.20 Å². The Morgan fingerprint density at radius 2 is 2.00 bits per heavy atom. The lowest BCUT2D eigenvalue weighted by Crippen LogP contribution is -2.37. The van der Waals surface area contributed by atoms with E-state index in [4.69, 9.17) is 37.4 Å². The summed E-state index contributed by atoms with van der Waals surface area (Å²) in [7, 11) is 1.59. The van der Waals surface area contributed by atoms with Crippen LogP contribution in [0.1, 0.15) is 12.0 Å². The standard InChI is InChI=1S/C24H24Cl2N4O3/c1-31-22-12-18-21(13-23(22)33-8-2-5-30-6-9-32-10-7-30)28-15-16(14-27)24(18)29-20-4-3-17(25)11-19(20)26/h3-4,11-13,15H,2,5-10H2,1H3,(H,28,29). The normalized spacial score (nSPS) is 14.1. The van der Waals surface area contributed by atoms with Crippen molar-refractivity contribution < 1.29 is 14.2 Å². The van der Waals surface area contributed by atoms with Gasteiger partial charge in [-0.25, -0.2) is 0 Å². The second-order valence-corrected chi connectivity index (χ2v) is 8.43. The third kappa shape index (κ3) is 5.60. The predicted octanol–water partition coefficient (Wildman–Crippen LogP) is 5.27. The number of halogens is 2. The van der Waals surface area contributed by atoms with Crippen molar-refractivity contribution in [2.24, 2.45) is 0 Å². The van der Waals surface area contributed by atoms with E-state index in [1.54, 1.807) is 25.3 Å². The van der Waals surface area contributed by atoms with Gasteiger partial charge in [0.25, 0.3) is 0 Å². The Bertz CT molecular complexity index is 1180. The fourth-order valence-electron chi connectivity index (χ4n) is 3.71. The quantitative estimate of drug-likeness (QED) is 0.434. The van der Waals surface area contributed by atoms with Gasteiger partial charge in [-0.3, -0.25) is 9.88 Å². The maximum Gasteiger partial charge on any atom is 0.163 e. The minimum atomic E-state index is 0.384. The highest BCUT2D eigenvalue weighted by molar-refractivity contribution is 6.36. The average Bonchev–Trinajstić information content (AvgIpc) is 2.83. The molecule has 0 radical (unpaired) electrons. The van der Waals surface area contributed by atoms with Crippen LogP contribution in [0.5, 0.6) is 11.5 Å². The molecule has 0 spiro atoms. The lowest BCUT2D eigenvalue weighted by molar-refractivity contribution is 0.0357. The van der Waals surface area contributed by atoms with Crippen molar-refractivity contribution in [2.45, 2.75) is 6.42 Å². The van der Waals surface area contributed by atoms with Gasteiger partial charge in [-0.15, -0.1) is 0 Å². The summed E-state index contributed by atoms with van der Waals surface area (Å²) in [4.78, 5) is 6.82. The molecule has 0 amide bonds. The molecule has 1 fully saturated rings. The predicted molar refractivity (Wildman–Crippen MR) is 130 cm³/mol. The number of morpholine rings is 1. The minimum Gasteiger partial charge on any atom is -0.493 e. The molecule has 0 saturated carbocycles. The van der Waals surface area contributed by atoms with Crippen molar-refractivity contribution >= 4 is 45.5 Å². The lowest BCUT2D eigenvalue weighted by Gasteiger charge is -2.26. The molecule has 0 bridgehead atoms. The summed E-state index contributed by atoms with van der Waals surface area (Å²) >= 11 is 12.3. The van der Waals surface area contributed by atoms with Crippen LogP contribution in [0.2, 0.25) is 10.0 Å². The fraction of sp³-hybridized carbons (Fsp3) is 0.333. The monoisotopic (exact) mass is 486 g/mol. The molecule has 0 aliphatic carbocycles. The second kappa shape index (κ2) is 10.9. The number of fused-ring (bicyclic) bond motifs is 1. The van der Waals surface area contributed by atoms with Crippen LogP contribution in [-0.2, 0) is 4.74 Å². The molecular formula is C24H24Cl2N4O3. The summed E-state index contributed by atoms with van der Waals surface area (Å²) < 4.78 is 17.0. The van der Waals surface area contributed by atoms with Gasteiger partial charge in [0.1, 0.15) is 6.07 Å². The van der Waals surface area contributed by atoms with Crippen molar-refractivity contribution in [1.82, 2.24) is 9.88 Å². The highest BCUT2D eigenvalue weighted by atomic mass is 35.5. The van der Waals surface area contributed by atoms with Gasteiger partial charge in [0.15, 0.2) is 11.5 Å². The van der Waals surface area contributed by atoms with Crippen molar-refractivity contribution in [1.29, 1.82) is 5.26 Å². The molecule has 1 saturated heterocycles. The van der Waals surface area contributed by atoms with Crippen molar-refractivity contribution in [3.63, 3.8) is 0 Å². The lowest BCUT2D eigenvalue weighted by atomic mass is 10.1. The Kier molecular flexibility index (Phi) is 7.73. The summed E-state index contributed by atoms with van der Waals surface area (Å²) in [5.74, 6) is 1.18. The Morgan fingerprint density at radius 3 is 2.73 bits per heavy atom. The first kappa shape index (κ1) is 23.4. The number of anilines is 2. The molecule has 33 heavy (non-hydrogen) atoms. The molecule has 9 heteroatoms. The smallest absolute Gasteiger partial charge is 0.163 e. The molecule has 4 rings (SSSR count). The Balaban J connectivity index is 1.58. The number of methoxy groups -OCH3 is 1. The number of rotatable bonds is 8. The van der Waals surface area contributed by atoms with Crippen LogP contribution in [0.4, 0.5) is 11.4 Å². The average molecular weight is 487 g/mol. The molecule has 0 atom stereocenters.